The molecule has 0 aromatic carbocycles. The van der Waals surface area contributed by atoms with Gasteiger partial charge in [-0.1, -0.05) is 13.0 Å². The van der Waals surface area contributed by atoms with E-state index in [2.05, 4.69) is 29.8 Å². The van der Waals surface area contributed by atoms with Gasteiger partial charge in [-0.25, -0.2) is 0 Å². The van der Waals surface area contributed by atoms with Gasteiger partial charge in [-0.05, 0) is 44.9 Å². The molecular formula is C16H27N3O. The summed E-state index contributed by atoms with van der Waals surface area (Å²) in [6, 6.07) is 6.40. The van der Waals surface area contributed by atoms with Crippen LogP contribution in [0.1, 0.15) is 44.8 Å². The highest BCUT2D eigenvalue weighted by Gasteiger charge is 2.31. The highest BCUT2D eigenvalue weighted by atomic mass is 16.5. The lowest BCUT2D eigenvalue weighted by atomic mass is 9.97. The lowest BCUT2D eigenvalue weighted by Crippen LogP contribution is -2.47. The lowest BCUT2D eigenvalue weighted by Gasteiger charge is -2.40. The normalized spacial score (nSPS) is 23.4. The molecule has 0 saturated carbocycles. The van der Waals surface area contributed by atoms with Crippen LogP contribution in [0.4, 0.5) is 0 Å². The molecule has 0 radical (unpaired) electrons. The number of ether oxygens (including phenoxy) is 1. The molecule has 0 bridgehead atoms. The van der Waals surface area contributed by atoms with Crippen molar-refractivity contribution in [1.82, 2.24) is 9.88 Å². The van der Waals surface area contributed by atoms with Gasteiger partial charge in [0.25, 0.3) is 0 Å². The molecule has 1 aliphatic rings. The molecule has 2 rings (SSSR count). The number of likely N-dealkylation sites (tertiary alicyclic amines) is 1. The largest absolute Gasteiger partial charge is 0.377 e. The van der Waals surface area contributed by atoms with Gasteiger partial charge in [-0.3, -0.25) is 9.88 Å². The monoisotopic (exact) mass is 277 g/mol. The highest BCUT2D eigenvalue weighted by Crippen LogP contribution is 2.27. The smallest absolute Gasteiger partial charge is 0.0702 e. The van der Waals surface area contributed by atoms with Crippen LogP contribution in [0, 0.1) is 0 Å². The summed E-state index contributed by atoms with van der Waals surface area (Å²) in [5.41, 5.74) is 7.46. The van der Waals surface area contributed by atoms with Gasteiger partial charge in [0, 0.05) is 25.4 Å². The zero-order valence-corrected chi connectivity index (χ0v) is 12.7. The Hall–Kier alpha value is -0.970. The maximum Gasteiger partial charge on any atom is 0.0702 e. The summed E-state index contributed by atoms with van der Waals surface area (Å²) in [5, 5.41) is 0. The van der Waals surface area contributed by atoms with Crippen LogP contribution in [0.15, 0.2) is 24.4 Å². The van der Waals surface area contributed by atoms with Gasteiger partial charge in [0.05, 0.1) is 17.8 Å². The summed E-state index contributed by atoms with van der Waals surface area (Å²) in [5.74, 6) is 0. The Kier molecular flexibility index (Phi) is 5.95. The van der Waals surface area contributed by atoms with E-state index >= 15 is 0 Å². The van der Waals surface area contributed by atoms with Gasteiger partial charge in [-0.15, -0.1) is 0 Å². The molecule has 1 saturated heterocycles. The number of pyridine rings is 1. The molecule has 1 fully saturated rings. The first-order valence-corrected chi connectivity index (χ1v) is 7.78. The Morgan fingerprint density at radius 1 is 1.45 bits per heavy atom. The second-order valence-electron chi connectivity index (χ2n) is 5.49. The summed E-state index contributed by atoms with van der Waals surface area (Å²) >= 11 is 0. The molecule has 4 nitrogen and oxygen atoms in total. The molecule has 0 aliphatic carbocycles. The van der Waals surface area contributed by atoms with E-state index in [1.807, 2.05) is 18.3 Å². The molecule has 2 N–H and O–H groups in total. The first-order valence-electron chi connectivity index (χ1n) is 7.78. The van der Waals surface area contributed by atoms with E-state index in [0.29, 0.717) is 6.10 Å². The van der Waals surface area contributed by atoms with Gasteiger partial charge < -0.3 is 10.5 Å². The molecule has 3 unspecified atom stereocenters. The zero-order valence-electron chi connectivity index (χ0n) is 12.7. The van der Waals surface area contributed by atoms with Crippen LogP contribution in [0.5, 0.6) is 0 Å². The first-order chi connectivity index (χ1) is 9.76. The van der Waals surface area contributed by atoms with Gasteiger partial charge >= 0.3 is 0 Å². The molecule has 112 valence electrons. The van der Waals surface area contributed by atoms with Gasteiger partial charge in [0.2, 0.25) is 0 Å². The van der Waals surface area contributed by atoms with Crippen molar-refractivity contribution in [3.63, 3.8) is 0 Å². The maximum absolute atomic E-state index is 6.38. The molecule has 20 heavy (non-hydrogen) atoms. The quantitative estimate of drug-likeness (QED) is 0.867. The fourth-order valence-electron chi connectivity index (χ4n) is 3.04. The van der Waals surface area contributed by atoms with Crippen molar-refractivity contribution in [2.45, 2.75) is 51.3 Å². The predicted molar refractivity (Wildman–Crippen MR) is 81.5 cm³/mol. The summed E-state index contributed by atoms with van der Waals surface area (Å²) in [6.07, 6.45) is 5.47. The Bertz CT molecular complexity index is 383. The average Bonchev–Trinajstić information content (AvgIpc) is 2.49. The predicted octanol–water partition coefficient (Wildman–Crippen LogP) is 2.36. The number of nitrogens with two attached hydrogens (primary N) is 1. The Labute approximate surface area is 122 Å². The van der Waals surface area contributed by atoms with E-state index < -0.39 is 0 Å². The molecule has 1 aromatic rings. The summed E-state index contributed by atoms with van der Waals surface area (Å²) < 4.78 is 5.81. The molecule has 1 aromatic heterocycles. The van der Waals surface area contributed by atoms with E-state index in [0.717, 1.165) is 38.2 Å². The van der Waals surface area contributed by atoms with Crippen LogP contribution in [-0.2, 0) is 4.74 Å². The van der Waals surface area contributed by atoms with Crippen LogP contribution in [-0.4, -0.2) is 41.7 Å². The number of rotatable bonds is 6. The van der Waals surface area contributed by atoms with Crippen LogP contribution >= 0.6 is 0 Å². The van der Waals surface area contributed by atoms with Crippen molar-refractivity contribution >= 4 is 0 Å². The third-order valence-electron chi connectivity index (χ3n) is 4.07. The molecule has 1 aliphatic heterocycles. The minimum absolute atomic E-state index is 0.116. The average molecular weight is 277 g/mol. The van der Waals surface area contributed by atoms with Crippen molar-refractivity contribution in [3.8, 4) is 0 Å². The standard InChI is InChI=1S/C16H27N3O/c1-3-14(17)16(15-9-5-6-10-18-15)19-11-7-8-13(12-19)20-4-2/h5-6,9-10,13-14,16H,3-4,7-8,11-12,17H2,1-2H3. The number of piperidine rings is 1. The maximum atomic E-state index is 6.38. The summed E-state index contributed by atoms with van der Waals surface area (Å²) in [7, 11) is 0. The van der Waals surface area contributed by atoms with Gasteiger partial charge in [0.1, 0.15) is 0 Å². The molecule has 2 heterocycles. The zero-order chi connectivity index (χ0) is 14.4. The van der Waals surface area contributed by atoms with E-state index in [1.54, 1.807) is 0 Å². The van der Waals surface area contributed by atoms with E-state index in [-0.39, 0.29) is 12.1 Å². The number of hydrogen-bond acceptors (Lipinski definition) is 4. The minimum Gasteiger partial charge on any atom is -0.377 e. The molecule has 3 atom stereocenters. The van der Waals surface area contributed by atoms with Gasteiger partial charge in [0.15, 0.2) is 0 Å². The molecule has 0 spiro atoms. The first kappa shape index (κ1) is 15.4. The van der Waals surface area contributed by atoms with E-state index in [1.165, 1.54) is 6.42 Å². The van der Waals surface area contributed by atoms with Crippen molar-refractivity contribution in [1.29, 1.82) is 0 Å². The van der Waals surface area contributed by atoms with Crippen molar-refractivity contribution in [3.05, 3.63) is 30.1 Å². The topological polar surface area (TPSA) is 51.4 Å². The molecule has 4 heteroatoms. The van der Waals surface area contributed by atoms with Gasteiger partial charge in [-0.2, -0.15) is 0 Å². The van der Waals surface area contributed by atoms with E-state index in [9.17, 15) is 0 Å². The van der Waals surface area contributed by atoms with Crippen LogP contribution in [0.25, 0.3) is 0 Å². The second kappa shape index (κ2) is 7.72. The number of aromatic nitrogens is 1. The van der Waals surface area contributed by atoms with Crippen molar-refractivity contribution in [2.24, 2.45) is 5.73 Å². The molecular weight excluding hydrogens is 250 g/mol. The fraction of sp³-hybridized carbons (Fsp3) is 0.688. The summed E-state index contributed by atoms with van der Waals surface area (Å²) in [4.78, 5) is 6.99. The SMILES string of the molecule is CCOC1CCCN(C(c2ccccn2)C(N)CC)C1. The van der Waals surface area contributed by atoms with Crippen molar-refractivity contribution in [2.75, 3.05) is 19.7 Å². The number of nitrogens with zero attached hydrogens (tertiary/aromatic N) is 2. The summed E-state index contributed by atoms with van der Waals surface area (Å²) in [6.45, 7) is 7.03. The number of hydrogen-bond donors (Lipinski definition) is 1. The minimum atomic E-state index is 0.116. The van der Waals surface area contributed by atoms with Crippen LogP contribution in [0.2, 0.25) is 0 Å². The Morgan fingerprint density at radius 2 is 2.30 bits per heavy atom. The van der Waals surface area contributed by atoms with E-state index in [4.69, 9.17) is 10.5 Å². The van der Waals surface area contributed by atoms with Crippen molar-refractivity contribution < 1.29 is 4.74 Å². The lowest BCUT2D eigenvalue weighted by molar-refractivity contribution is -0.0122. The molecule has 0 amide bonds. The van der Waals surface area contributed by atoms with Crippen LogP contribution < -0.4 is 5.73 Å². The van der Waals surface area contributed by atoms with Crippen LogP contribution in [0.3, 0.4) is 0 Å². The second-order valence-corrected chi connectivity index (χ2v) is 5.49. The fourth-order valence-corrected chi connectivity index (χ4v) is 3.04. The third-order valence-corrected chi connectivity index (χ3v) is 4.07. The third kappa shape index (κ3) is 3.78. The Balaban J connectivity index is 2.14. The Morgan fingerprint density at radius 3 is 2.95 bits per heavy atom. The highest BCUT2D eigenvalue weighted by molar-refractivity contribution is 5.12.